The van der Waals surface area contributed by atoms with E-state index in [1.807, 2.05) is 24.9 Å². The molecule has 116 valence electrons. The Kier molecular flexibility index (Phi) is 5.17. The van der Waals surface area contributed by atoms with E-state index < -0.39 is 0 Å². The number of carbonyl (C=O) groups is 1. The molecular formula is C16H23FN2O2. The van der Waals surface area contributed by atoms with E-state index in [4.69, 9.17) is 4.74 Å². The molecule has 1 amide bonds. The number of benzene rings is 1. The summed E-state index contributed by atoms with van der Waals surface area (Å²) >= 11 is 0. The predicted octanol–water partition coefficient (Wildman–Crippen LogP) is 2.21. The number of methoxy groups -OCH3 is 1. The van der Waals surface area contributed by atoms with Crippen LogP contribution in [0.5, 0.6) is 0 Å². The topological polar surface area (TPSA) is 32.8 Å². The van der Waals surface area contributed by atoms with Crippen LogP contribution in [0, 0.1) is 12.7 Å². The Bertz CT molecular complexity index is 479. The van der Waals surface area contributed by atoms with Gasteiger partial charge in [0.15, 0.2) is 0 Å². The lowest BCUT2D eigenvalue weighted by molar-refractivity contribution is -0.136. The van der Waals surface area contributed by atoms with Crippen LogP contribution in [0.2, 0.25) is 0 Å². The van der Waals surface area contributed by atoms with Crippen molar-refractivity contribution in [3.05, 3.63) is 29.6 Å². The van der Waals surface area contributed by atoms with Crippen molar-refractivity contribution < 1.29 is 13.9 Å². The van der Waals surface area contributed by atoms with Crippen molar-refractivity contribution in [2.24, 2.45) is 0 Å². The monoisotopic (exact) mass is 294 g/mol. The summed E-state index contributed by atoms with van der Waals surface area (Å²) in [5.41, 5.74) is 1.82. The second-order valence-corrected chi connectivity index (χ2v) is 5.64. The van der Waals surface area contributed by atoms with Crippen LogP contribution >= 0.6 is 0 Å². The average Bonchev–Trinajstić information content (AvgIpc) is 2.46. The minimum Gasteiger partial charge on any atom is -0.375 e. The lowest BCUT2D eigenvalue weighted by Crippen LogP contribution is -2.46. The summed E-state index contributed by atoms with van der Waals surface area (Å²) in [6.45, 7) is 3.49. The highest BCUT2D eigenvalue weighted by molar-refractivity contribution is 5.77. The van der Waals surface area contributed by atoms with Gasteiger partial charge in [0.05, 0.1) is 0 Å². The Morgan fingerprint density at radius 3 is 2.62 bits per heavy atom. The fraction of sp³-hybridized carbons (Fsp3) is 0.562. The fourth-order valence-electron chi connectivity index (χ4n) is 2.85. The number of aryl methyl sites for hydroxylation is 1. The average molecular weight is 294 g/mol. The SMILES string of the molecule is COCC(=O)N1CCC(N(C)c2cc(C)cc(F)c2)CC1. The normalized spacial score (nSPS) is 16.1. The zero-order valence-electron chi connectivity index (χ0n) is 12.9. The summed E-state index contributed by atoms with van der Waals surface area (Å²) in [6.07, 6.45) is 1.78. The summed E-state index contributed by atoms with van der Waals surface area (Å²) in [5.74, 6) is -0.162. The molecule has 1 aliphatic heterocycles. The lowest BCUT2D eigenvalue weighted by Gasteiger charge is -2.38. The van der Waals surface area contributed by atoms with E-state index in [1.165, 1.54) is 13.2 Å². The zero-order valence-corrected chi connectivity index (χ0v) is 12.9. The smallest absolute Gasteiger partial charge is 0.248 e. The van der Waals surface area contributed by atoms with Gasteiger partial charge in [-0.05, 0) is 43.5 Å². The summed E-state index contributed by atoms with van der Waals surface area (Å²) in [5, 5.41) is 0. The van der Waals surface area contributed by atoms with Gasteiger partial charge >= 0.3 is 0 Å². The fourth-order valence-corrected chi connectivity index (χ4v) is 2.85. The van der Waals surface area contributed by atoms with Crippen LogP contribution in [0.25, 0.3) is 0 Å². The van der Waals surface area contributed by atoms with Gasteiger partial charge < -0.3 is 14.5 Å². The van der Waals surface area contributed by atoms with Gasteiger partial charge in [-0.15, -0.1) is 0 Å². The zero-order chi connectivity index (χ0) is 15.4. The van der Waals surface area contributed by atoms with Gasteiger partial charge in [0.2, 0.25) is 5.91 Å². The molecule has 5 heteroatoms. The molecule has 4 nitrogen and oxygen atoms in total. The molecule has 1 aromatic carbocycles. The van der Waals surface area contributed by atoms with Gasteiger partial charge in [0.25, 0.3) is 0 Å². The molecule has 1 heterocycles. The first-order valence-corrected chi connectivity index (χ1v) is 7.28. The molecule has 0 N–H and O–H groups in total. The molecule has 1 fully saturated rings. The van der Waals surface area contributed by atoms with E-state index in [1.54, 1.807) is 6.07 Å². The summed E-state index contributed by atoms with van der Waals surface area (Å²) in [6, 6.07) is 5.42. The molecule has 0 aliphatic carbocycles. The van der Waals surface area contributed by atoms with Crippen LogP contribution in [0.1, 0.15) is 18.4 Å². The van der Waals surface area contributed by atoms with Crippen molar-refractivity contribution in [2.75, 3.05) is 38.8 Å². The van der Waals surface area contributed by atoms with Crippen molar-refractivity contribution in [3.63, 3.8) is 0 Å². The molecule has 1 aromatic rings. The molecule has 1 saturated heterocycles. The first-order chi connectivity index (χ1) is 10.0. The highest BCUT2D eigenvalue weighted by Crippen LogP contribution is 2.24. The van der Waals surface area contributed by atoms with Crippen LogP contribution < -0.4 is 4.90 Å². The number of carbonyl (C=O) groups excluding carboxylic acids is 1. The minimum atomic E-state index is -0.204. The van der Waals surface area contributed by atoms with E-state index in [0.717, 1.165) is 37.2 Å². The number of nitrogens with zero attached hydrogens (tertiary/aromatic N) is 2. The second-order valence-electron chi connectivity index (χ2n) is 5.64. The Morgan fingerprint density at radius 2 is 2.05 bits per heavy atom. The molecule has 0 aromatic heterocycles. The largest absolute Gasteiger partial charge is 0.375 e. The maximum atomic E-state index is 13.5. The molecule has 0 atom stereocenters. The first-order valence-electron chi connectivity index (χ1n) is 7.28. The van der Waals surface area contributed by atoms with Crippen molar-refractivity contribution in [1.29, 1.82) is 0 Å². The molecule has 2 rings (SSSR count). The van der Waals surface area contributed by atoms with Crippen LogP contribution in [0.3, 0.4) is 0 Å². The van der Waals surface area contributed by atoms with Crippen LogP contribution in [0.4, 0.5) is 10.1 Å². The number of hydrogen-bond acceptors (Lipinski definition) is 3. The van der Waals surface area contributed by atoms with E-state index in [9.17, 15) is 9.18 Å². The molecule has 1 aliphatic rings. The quantitative estimate of drug-likeness (QED) is 0.853. The molecular weight excluding hydrogens is 271 g/mol. The van der Waals surface area contributed by atoms with Gasteiger partial charge in [0, 0.05) is 39.0 Å². The van der Waals surface area contributed by atoms with E-state index in [2.05, 4.69) is 4.90 Å². The maximum absolute atomic E-state index is 13.5. The minimum absolute atomic E-state index is 0.0419. The number of anilines is 1. The molecule has 0 unspecified atom stereocenters. The van der Waals surface area contributed by atoms with E-state index >= 15 is 0 Å². The highest BCUT2D eigenvalue weighted by atomic mass is 19.1. The number of likely N-dealkylation sites (tertiary alicyclic amines) is 1. The van der Waals surface area contributed by atoms with Crippen molar-refractivity contribution in [3.8, 4) is 0 Å². The first kappa shape index (κ1) is 15.8. The van der Waals surface area contributed by atoms with Gasteiger partial charge in [-0.3, -0.25) is 4.79 Å². The van der Waals surface area contributed by atoms with Crippen molar-refractivity contribution in [1.82, 2.24) is 4.90 Å². The number of piperidine rings is 1. The van der Waals surface area contributed by atoms with Crippen LogP contribution in [-0.2, 0) is 9.53 Å². The molecule has 0 bridgehead atoms. The van der Waals surface area contributed by atoms with Crippen molar-refractivity contribution in [2.45, 2.75) is 25.8 Å². The van der Waals surface area contributed by atoms with E-state index in [-0.39, 0.29) is 18.3 Å². The third-order valence-corrected chi connectivity index (χ3v) is 4.07. The number of rotatable bonds is 4. The van der Waals surface area contributed by atoms with Crippen LogP contribution in [0.15, 0.2) is 18.2 Å². The summed E-state index contributed by atoms with van der Waals surface area (Å²) in [7, 11) is 3.52. The standard InChI is InChI=1S/C16H23FN2O2/c1-12-8-13(17)10-15(9-12)18(2)14-4-6-19(7-5-14)16(20)11-21-3/h8-10,14H,4-7,11H2,1-3H3. The van der Waals surface area contributed by atoms with Gasteiger partial charge in [-0.1, -0.05) is 0 Å². The Morgan fingerprint density at radius 1 is 1.38 bits per heavy atom. The highest BCUT2D eigenvalue weighted by Gasteiger charge is 2.25. The van der Waals surface area contributed by atoms with E-state index in [0.29, 0.717) is 6.04 Å². The second kappa shape index (κ2) is 6.89. The predicted molar refractivity (Wildman–Crippen MR) is 81.0 cm³/mol. The number of halogens is 1. The lowest BCUT2D eigenvalue weighted by atomic mass is 10.0. The molecule has 21 heavy (non-hydrogen) atoms. The Labute approximate surface area is 125 Å². The number of hydrogen-bond donors (Lipinski definition) is 0. The molecule has 0 radical (unpaired) electrons. The Balaban J connectivity index is 1.96. The third kappa shape index (κ3) is 3.94. The van der Waals surface area contributed by atoms with Crippen molar-refractivity contribution >= 4 is 11.6 Å². The molecule has 0 saturated carbocycles. The van der Waals surface area contributed by atoms with Gasteiger partial charge in [0.1, 0.15) is 12.4 Å². The summed E-state index contributed by atoms with van der Waals surface area (Å²) < 4.78 is 18.4. The van der Waals surface area contributed by atoms with Crippen LogP contribution in [-0.4, -0.2) is 50.7 Å². The third-order valence-electron chi connectivity index (χ3n) is 4.07. The number of amides is 1. The maximum Gasteiger partial charge on any atom is 0.248 e. The molecule has 0 spiro atoms. The number of ether oxygens (including phenoxy) is 1. The van der Waals surface area contributed by atoms with Gasteiger partial charge in [-0.25, -0.2) is 4.39 Å². The summed E-state index contributed by atoms with van der Waals surface area (Å²) in [4.78, 5) is 15.7. The Hall–Kier alpha value is -1.62. The van der Waals surface area contributed by atoms with Gasteiger partial charge in [-0.2, -0.15) is 0 Å².